The van der Waals surface area contributed by atoms with E-state index in [0.717, 1.165) is 5.69 Å². The average Bonchev–Trinajstić information content (AvgIpc) is 2.63. The van der Waals surface area contributed by atoms with Crippen molar-refractivity contribution in [3.63, 3.8) is 0 Å². The molecular formula is C14H17ClN2O2. The summed E-state index contributed by atoms with van der Waals surface area (Å²) in [4.78, 5) is 10.7. The van der Waals surface area contributed by atoms with Gasteiger partial charge in [0.2, 0.25) is 6.33 Å². The molecule has 1 heterocycles. The summed E-state index contributed by atoms with van der Waals surface area (Å²) in [7, 11) is 0. The number of halogens is 1. The second-order valence-corrected chi connectivity index (χ2v) is 4.63. The number of aryl methyl sites for hydroxylation is 3. The molecule has 4 nitrogen and oxygen atoms in total. The van der Waals surface area contributed by atoms with E-state index in [-0.39, 0.29) is 19.0 Å². The number of aromatic nitrogens is 2. The Bertz CT molecular complexity index is 582. The van der Waals surface area contributed by atoms with Crippen LogP contribution in [0.1, 0.15) is 16.7 Å². The van der Waals surface area contributed by atoms with Crippen LogP contribution in [0.3, 0.4) is 0 Å². The maximum Gasteiger partial charge on any atom is 0.346 e. The predicted molar refractivity (Wildman–Crippen MR) is 67.8 cm³/mol. The van der Waals surface area contributed by atoms with Gasteiger partial charge in [-0.2, -0.15) is 0 Å². The van der Waals surface area contributed by atoms with E-state index in [1.807, 2.05) is 10.8 Å². The van der Waals surface area contributed by atoms with E-state index >= 15 is 0 Å². The summed E-state index contributed by atoms with van der Waals surface area (Å²) in [5.74, 6) is -0.838. The lowest BCUT2D eigenvalue weighted by molar-refractivity contribution is -0.685. The van der Waals surface area contributed by atoms with E-state index in [1.165, 1.54) is 16.7 Å². The number of hydrogen-bond donors (Lipinski definition) is 1. The first-order valence-corrected chi connectivity index (χ1v) is 5.84. The second-order valence-electron chi connectivity index (χ2n) is 4.63. The van der Waals surface area contributed by atoms with Gasteiger partial charge in [0.25, 0.3) is 0 Å². The van der Waals surface area contributed by atoms with Crippen LogP contribution in [0.2, 0.25) is 0 Å². The summed E-state index contributed by atoms with van der Waals surface area (Å²) in [6.45, 7) is 6.19. The van der Waals surface area contributed by atoms with E-state index in [1.54, 1.807) is 17.1 Å². The van der Waals surface area contributed by atoms with Crippen molar-refractivity contribution in [3.8, 4) is 5.69 Å². The molecule has 102 valence electrons. The number of rotatable bonds is 3. The molecule has 0 fully saturated rings. The molecule has 2 rings (SSSR count). The topological polar surface area (TPSA) is 46.1 Å². The lowest BCUT2D eigenvalue weighted by Gasteiger charge is -2.06. The summed E-state index contributed by atoms with van der Waals surface area (Å²) in [5, 5.41) is 8.76. The van der Waals surface area contributed by atoms with Crippen molar-refractivity contribution in [1.82, 2.24) is 4.57 Å². The van der Waals surface area contributed by atoms with Crippen LogP contribution >= 0.6 is 0 Å². The molecule has 0 amide bonds. The summed E-state index contributed by atoms with van der Waals surface area (Å²) in [6.07, 6.45) is 5.46. The fourth-order valence-electron chi connectivity index (χ4n) is 2.36. The number of carboxylic acid groups (broad SMARTS) is 1. The second kappa shape index (κ2) is 5.89. The normalized spacial score (nSPS) is 10.1. The molecule has 0 bridgehead atoms. The largest absolute Gasteiger partial charge is 1.00 e. The number of carbonyl (C=O) groups is 1. The lowest BCUT2D eigenvalue weighted by atomic mass is 10.1. The van der Waals surface area contributed by atoms with Crippen molar-refractivity contribution < 1.29 is 26.9 Å². The Kier molecular flexibility index (Phi) is 4.72. The number of benzene rings is 1. The van der Waals surface area contributed by atoms with Crippen LogP contribution in [-0.2, 0) is 11.3 Å². The maximum absolute atomic E-state index is 10.7. The molecule has 0 radical (unpaired) electrons. The molecule has 0 aliphatic carbocycles. The maximum atomic E-state index is 10.7. The Hall–Kier alpha value is -1.81. The van der Waals surface area contributed by atoms with Gasteiger partial charge in [0.15, 0.2) is 6.54 Å². The molecule has 0 saturated heterocycles. The number of imidazole rings is 1. The van der Waals surface area contributed by atoms with Crippen molar-refractivity contribution >= 4 is 5.97 Å². The molecule has 2 aromatic rings. The average molecular weight is 281 g/mol. The van der Waals surface area contributed by atoms with Gasteiger partial charge in [-0.25, -0.2) is 13.9 Å². The summed E-state index contributed by atoms with van der Waals surface area (Å²) in [6, 6.07) is 4.26. The smallest absolute Gasteiger partial charge is 0.346 e. The third-order valence-corrected chi connectivity index (χ3v) is 2.90. The highest BCUT2D eigenvalue weighted by atomic mass is 35.5. The third-order valence-electron chi connectivity index (χ3n) is 2.90. The Morgan fingerprint density at radius 1 is 1.26 bits per heavy atom. The molecule has 0 atom stereocenters. The quantitative estimate of drug-likeness (QED) is 0.717. The number of carboxylic acids is 1. The molecule has 5 heteroatoms. The van der Waals surface area contributed by atoms with Crippen LogP contribution in [0.15, 0.2) is 30.9 Å². The Balaban J connectivity index is 0.00000180. The van der Waals surface area contributed by atoms with Crippen LogP contribution in [0.4, 0.5) is 0 Å². The van der Waals surface area contributed by atoms with Crippen molar-refractivity contribution in [1.29, 1.82) is 0 Å². The van der Waals surface area contributed by atoms with Crippen LogP contribution in [-0.4, -0.2) is 15.6 Å². The predicted octanol–water partition coefficient (Wildman–Crippen LogP) is -1.22. The number of hydrogen-bond acceptors (Lipinski definition) is 1. The SMILES string of the molecule is Cc1cc(C)c(-n2cc[n+](CC(=O)O)c2)c(C)c1.[Cl-]. The molecule has 0 aliphatic heterocycles. The zero-order chi connectivity index (χ0) is 13.3. The zero-order valence-corrected chi connectivity index (χ0v) is 12.0. The fraction of sp³-hybridized carbons (Fsp3) is 0.286. The van der Waals surface area contributed by atoms with Gasteiger partial charge in [0.05, 0.1) is 0 Å². The van der Waals surface area contributed by atoms with Gasteiger partial charge in [0, 0.05) is 0 Å². The highest BCUT2D eigenvalue weighted by Crippen LogP contribution is 2.20. The van der Waals surface area contributed by atoms with Crippen LogP contribution in [0.5, 0.6) is 0 Å². The highest BCUT2D eigenvalue weighted by molar-refractivity contribution is 5.64. The summed E-state index contributed by atoms with van der Waals surface area (Å²) < 4.78 is 3.62. The van der Waals surface area contributed by atoms with E-state index in [4.69, 9.17) is 5.11 Å². The zero-order valence-electron chi connectivity index (χ0n) is 11.2. The molecule has 19 heavy (non-hydrogen) atoms. The molecule has 0 saturated carbocycles. The minimum Gasteiger partial charge on any atom is -1.00 e. The van der Waals surface area contributed by atoms with Crippen LogP contribution in [0.25, 0.3) is 5.69 Å². The van der Waals surface area contributed by atoms with Gasteiger partial charge in [-0.3, -0.25) is 0 Å². The molecule has 0 aliphatic rings. The summed E-state index contributed by atoms with van der Waals surface area (Å²) in [5.41, 5.74) is 4.72. The van der Waals surface area contributed by atoms with Crippen LogP contribution in [0, 0.1) is 20.8 Å². The van der Waals surface area contributed by atoms with E-state index in [2.05, 4.69) is 32.9 Å². The minimum absolute atomic E-state index is 0. The van der Waals surface area contributed by atoms with E-state index < -0.39 is 5.97 Å². The van der Waals surface area contributed by atoms with E-state index in [9.17, 15) is 4.79 Å². The number of nitrogens with zero attached hydrogens (tertiary/aromatic N) is 2. The van der Waals surface area contributed by atoms with Gasteiger partial charge in [-0.1, -0.05) is 17.7 Å². The van der Waals surface area contributed by atoms with Gasteiger partial charge in [-0.05, 0) is 31.9 Å². The van der Waals surface area contributed by atoms with Crippen molar-refractivity contribution in [2.24, 2.45) is 0 Å². The van der Waals surface area contributed by atoms with Crippen LogP contribution < -0.4 is 17.0 Å². The van der Waals surface area contributed by atoms with Gasteiger partial charge >= 0.3 is 5.97 Å². The molecular weight excluding hydrogens is 264 g/mol. The van der Waals surface area contributed by atoms with Gasteiger partial charge in [0.1, 0.15) is 18.1 Å². The van der Waals surface area contributed by atoms with Gasteiger partial charge < -0.3 is 17.5 Å². The first kappa shape index (κ1) is 15.2. The number of aliphatic carboxylic acids is 1. The summed E-state index contributed by atoms with van der Waals surface area (Å²) >= 11 is 0. The Morgan fingerprint density at radius 2 is 1.84 bits per heavy atom. The van der Waals surface area contributed by atoms with Crippen molar-refractivity contribution in [2.75, 3.05) is 0 Å². The van der Waals surface area contributed by atoms with E-state index in [0.29, 0.717) is 0 Å². The lowest BCUT2D eigenvalue weighted by Crippen LogP contribution is -3.00. The minimum atomic E-state index is -0.838. The molecule has 1 aromatic carbocycles. The Labute approximate surface area is 118 Å². The molecule has 0 unspecified atom stereocenters. The van der Waals surface area contributed by atoms with Gasteiger partial charge in [-0.15, -0.1) is 0 Å². The standard InChI is InChI=1S/C14H16N2O2.ClH/c1-10-6-11(2)14(12(3)7-10)16-5-4-15(9-16)8-13(17)18;/h4-7,9H,8H2,1-3H3;1H. The first-order valence-electron chi connectivity index (χ1n) is 5.84. The molecule has 0 spiro atoms. The first-order chi connectivity index (χ1) is 8.47. The monoisotopic (exact) mass is 280 g/mol. The molecule has 1 aromatic heterocycles. The third kappa shape index (κ3) is 3.35. The van der Waals surface area contributed by atoms with Crippen molar-refractivity contribution in [2.45, 2.75) is 27.3 Å². The molecule has 1 N–H and O–H groups in total. The Morgan fingerprint density at radius 3 is 2.37 bits per heavy atom. The van der Waals surface area contributed by atoms with Crippen molar-refractivity contribution in [3.05, 3.63) is 47.5 Å². The fourth-order valence-corrected chi connectivity index (χ4v) is 2.36. The highest BCUT2D eigenvalue weighted by Gasteiger charge is 2.13.